The molecule has 1 aliphatic rings. The monoisotopic (exact) mass is 206 g/mol. The summed E-state index contributed by atoms with van der Waals surface area (Å²) in [5, 5.41) is 0. The molecule has 1 aliphatic carbocycles. The van der Waals surface area contributed by atoms with Crippen molar-refractivity contribution in [3.05, 3.63) is 35.4 Å². The minimum Gasteiger partial charge on any atom is -0.298 e. The van der Waals surface area contributed by atoms with Crippen molar-refractivity contribution in [3.63, 3.8) is 0 Å². The van der Waals surface area contributed by atoms with Gasteiger partial charge >= 0.3 is 0 Å². The van der Waals surface area contributed by atoms with Crippen LogP contribution >= 0.6 is 0 Å². The van der Waals surface area contributed by atoms with Crippen LogP contribution < -0.4 is 0 Å². The van der Waals surface area contributed by atoms with E-state index >= 15 is 0 Å². The molecule has 1 aromatic carbocycles. The molecule has 0 saturated heterocycles. The summed E-state index contributed by atoms with van der Waals surface area (Å²) in [5.74, 6) is 0. The standard InChI is InChI=1S/C13H15FO/c14-13(8-2-1-3-9-13)12-6-4-11(10-15)5-7-12/h4-7,10H,1-3,8-9H2. The lowest BCUT2D eigenvalue weighted by atomic mass is 9.81. The average molecular weight is 206 g/mol. The molecule has 0 aliphatic heterocycles. The van der Waals surface area contributed by atoms with E-state index in [1.165, 1.54) is 0 Å². The molecule has 15 heavy (non-hydrogen) atoms. The summed E-state index contributed by atoms with van der Waals surface area (Å²) in [6.07, 6.45) is 5.09. The quantitative estimate of drug-likeness (QED) is 0.675. The summed E-state index contributed by atoms with van der Waals surface area (Å²) in [6, 6.07) is 6.88. The first-order chi connectivity index (χ1) is 7.24. The van der Waals surface area contributed by atoms with E-state index in [0.717, 1.165) is 31.1 Å². The van der Waals surface area contributed by atoms with Crippen LogP contribution in [0.25, 0.3) is 0 Å². The van der Waals surface area contributed by atoms with Crippen LogP contribution in [0.4, 0.5) is 4.39 Å². The maximum Gasteiger partial charge on any atom is 0.150 e. The van der Waals surface area contributed by atoms with Gasteiger partial charge in [0.1, 0.15) is 12.0 Å². The number of aldehydes is 1. The van der Waals surface area contributed by atoms with Gasteiger partial charge < -0.3 is 0 Å². The van der Waals surface area contributed by atoms with Gasteiger partial charge in [-0.1, -0.05) is 30.7 Å². The zero-order valence-electron chi connectivity index (χ0n) is 8.71. The second kappa shape index (κ2) is 4.13. The summed E-state index contributed by atoms with van der Waals surface area (Å²) in [4.78, 5) is 10.5. The van der Waals surface area contributed by atoms with Gasteiger partial charge in [-0.15, -0.1) is 0 Å². The van der Waals surface area contributed by atoms with Gasteiger partial charge in [0.25, 0.3) is 0 Å². The average Bonchev–Trinajstić information content (AvgIpc) is 2.30. The van der Waals surface area contributed by atoms with Crippen molar-refractivity contribution >= 4 is 6.29 Å². The minimum absolute atomic E-state index is 0.609. The number of rotatable bonds is 2. The SMILES string of the molecule is O=Cc1ccc(C2(F)CCCCC2)cc1. The molecule has 1 fully saturated rings. The van der Waals surface area contributed by atoms with Crippen LogP contribution in [-0.2, 0) is 5.67 Å². The third kappa shape index (κ3) is 2.09. The normalized spacial score (nSPS) is 19.8. The second-order valence-corrected chi connectivity index (χ2v) is 4.27. The fourth-order valence-electron chi connectivity index (χ4n) is 2.26. The second-order valence-electron chi connectivity index (χ2n) is 4.27. The summed E-state index contributed by atoms with van der Waals surface area (Å²) < 4.78 is 14.5. The molecule has 0 unspecified atom stereocenters. The minimum atomic E-state index is -1.15. The third-order valence-electron chi connectivity index (χ3n) is 3.21. The summed E-state index contributed by atoms with van der Waals surface area (Å²) in [6.45, 7) is 0. The highest BCUT2D eigenvalue weighted by Crippen LogP contribution is 2.40. The van der Waals surface area contributed by atoms with Gasteiger partial charge in [-0.3, -0.25) is 4.79 Å². The maximum atomic E-state index is 14.5. The van der Waals surface area contributed by atoms with E-state index in [0.29, 0.717) is 18.4 Å². The first-order valence-electron chi connectivity index (χ1n) is 5.49. The zero-order valence-corrected chi connectivity index (χ0v) is 8.71. The van der Waals surface area contributed by atoms with Gasteiger partial charge in [-0.2, -0.15) is 0 Å². The molecule has 1 aromatic rings. The number of alkyl halides is 1. The summed E-state index contributed by atoms with van der Waals surface area (Å²) in [7, 11) is 0. The highest BCUT2D eigenvalue weighted by atomic mass is 19.1. The van der Waals surface area contributed by atoms with Crippen molar-refractivity contribution in [2.45, 2.75) is 37.8 Å². The molecule has 2 rings (SSSR count). The lowest BCUT2D eigenvalue weighted by Crippen LogP contribution is -2.23. The number of carbonyl (C=O) groups excluding carboxylic acids is 1. The number of hydrogen-bond acceptors (Lipinski definition) is 1. The molecule has 0 spiro atoms. The Morgan fingerprint density at radius 2 is 1.67 bits per heavy atom. The van der Waals surface area contributed by atoms with Gasteiger partial charge in [0.05, 0.1) is 0 Å². The largest absolute Gasteiger partial charge is 0.298 e. The molecule has 0 bridgehead atoms. The van der Waals surface area contributed by atoms with E-state index < -0.39 is 5.67 Å². The molecule has 1 saturated carbocycles. The smallest absolute Gasteiger partial charge is 0.150 e. The Balaban J connectivity index is 2.23. The van der Waals surface area contributed by atoms with Crippen LogP contribution in [-0.4, -0.2) is 6.29 Å². The molecular formula is C13H15FO. The third-order valence-corrected chi connectivity index (χ3v) is 3.21. The first-order valence-corrected chi connectivity index (χ1v) is 5.49. The number of benzene rings is 1. The fourth-order valence-corrected chi connectivity index (χ4v) is 2.26. The van der Waals surface area contributed by atoms with Crippen molar-refractivity contribution < 1.29 is 9.18 Å². The summed E-state index contributed by atoms with van der Waals surface area (Å²) >= 11 is 0. The van der Waals surface area contributed by atoms with Crippen LogP contribution in [0.2, 0.25) is 0 Å². The van der Waals surface area contributed by atoms with Crippen LogP contribution in [0.15, 0.2) is 24.3 Å². The Kier molecular flexibility index (Phi) is 2.85. The number of halogens is 1. The lowest BCUT2D eigenvalue weighted by molar-refractivity contribution is 0.106. The molecule has 2 heteroatoms. The zero-order chi connectivity index (χ0) is 10.7. The maximum absolute atomic E-state index is 14.5. The molecule has 0 radical (unpaired) electrons. The topological polar surface area (TPSA) is 17.1 Å². The van der Waals surface area contributed by atoms with Crippen molar-refractivity contribution in [3.8, 4) is 0 Å². The molecule has 0 heterocycles. The summed E-state index contributed by atoms with van der Waals surface area (Å²) in [5.41, 5.74) is 0.186. The van der Waals surface area contributed by atoms with Gasteiger partial charge in [0.2, 0.25) is 0 Å². The Labute approximate surface area is 89.3 Å². The molecule has 0 atom stereocenters. The van der Waals surface area contributed by atoms with Crippen molar-refractivity contribution in [2.24, 2.45) is 0 Å². The van der Waals surface area contributed by atoms with Gasteiger partial charge in [-0.05, 0) is 31.2 Å². The molecule has 1 nitrogen and oxygen atoms in total. The van der Waals surface area contributed by atoms with Crippen molar-refractivity contribution in [1.82, 2.24) is 0 Å². The van der Waals surface area contributed by atoms with Crippen molar-refractivity contribution in [2.75, 3.05) is 0 Å². The molecule has 0 N–H and O–H groups in total. The number of carbonyl (C=O) groups is 1. The predicted octanol–water partition coefficient (Wildman–Crippen LogP) is 3.63. The Morgan fingerprint density at radius 1 is 1.07 bits per heavy atom. The van der Waals surface area contributed by atoms with Gasteiger partial charge in [0.15, 0.2) is 0 Å². The van der Waals surface area contributed by atoms with E-state index in [9.17, 15) is 9.18 Å². The molecular weight excluding hydrogens is 191 g/mol. The number of hydrogen-bond donors (Lipinski definition) is 0. The van der Waals surface area contributed by atoms with E-state index in [2.05, 4.69) is 0 Å². The molecule has 80 valence electrons. The van der Waals surface area contributed by atoms with Crippen molar-refractivity contribution in [1.29, 1.82) is 0 Å². The van der Waals surface area contributed by atoms with Gasteiger partial charge in [0, 0.05) is 5.56 Å². The van der Waals surface area contributed by atoms with Crippen LogP contribution in [0.1, 0.15) is 48.0 Å². The molecule has 0 aromatic heterocycles. The predicted molar refractivity (Wildman–Crippen MR) is 57.7 cm³/mol. The fraction of sp³-hybridized carbons (Fsp3) is 0.462. The first kappa shape index (κ1) is 10.3. The van der Waals surface area contributed by atoms with Crippen LogP contribution in [0, 0.1) is 0 Å². The Hall–Kier alpha value is -1.18. The van der Waals surface area contributed by atoms with E-state index in [-0.39, 0.29) is 0 Å². The Bertz CT molecular complexity index is 336. The highest BCUT2D eigenvalue weighted by molar-refractivity contribution is 5.74. The van der Waals surface area contributed by atoms with Crippen LogP contribution in [0.3, 0.4) is 0 Å². The van der Waals surface area contributed by atoms with E-state index in [4.69, 9.17) is 0 Å². The Morgan fingerprint density at radius 3 is 2.20 bits per heavy atom. The highest BCUT2D eigenvalue weighted by Gasteiger charge is 2.33. The lowest BCUT2D eigenvalue weighted by Gasteiger charge is -2.29. The van der Waals surface area contributed by atoms with E-state index in [1.54, 1.807) is 24.3 Å². The van der Waals surface area contributed by atoms with Gasteiger partial charge in [-0.25, -0.2) is 4.39 Å². The van der Waals surface area contributed by atoms with Crippen LogP contribution in [0.5, 0.6) is 0 Å². The van der Waals surface area contributed by atoms with E-state index in [1.807, 2.05) is 0 Å². The molecule has 0 amide bonds.